The van der Waals surface area contributed by atoms with Crippen molar-refractivity contribution in [2.45, 2.75) is 32.4 Å². The monoisotopic (exact) mass is 310 g/mol. The van der Waals surface area contributed by atoms with Crippen molar-refractivity contribution in [3.8, 4) is 0 Å². The Bertz CT molecular complexity index is 456. The largest absolute Gasteiger partial charge is 0.379 e. The highest BCUT2D eigenvalue weighted by molar-refractivity contribution is 5.79. The molecule has 2 heterocycles. The first kappa shape index (κ1) is 16.7. The normalized spacial score (nSPS) is 18.6. The van der Waals surface area contributed by atoms with E-state index in [0.29, 0.717) is 6.54 Å². The maximum absolute atomic E-state index is 5.73. The number of ether oxygens (including phenoxy) is 2. The van der Waals surface area contributed by atoms with Gasteiger partial charge in [0.1, 0.15) is 18.7 Å². The molecule has 0 bridgehead atoms. The molecule has 8 nitrogen and oxygen atoms in total. The summed E-state index contributed by atoms with van der Waals surface area (Å²) < 4.78 is 12.7. The van der Waals surface area contributed by atoms with Gasteiger partial charge in [-0.2, -0.15) is 5.10 Å². The topological polar surface area (TPSA) is 85.6 Å². The Hall–Kier alpha value is -1.67. The Morgan fingerprint density at radius 1 is 1.55 bits per heavy atom. The van der Waals surface area contributed by atoms with Crippen molar-refractivity contribution in [3.63, 3.8) is 0 Å². The first-order chi connectivity index (χ1) is 10.8. The van der Waals surface area contributed by atoms with Gasteiger partial charge in [-0.1, -0.05) is 0 Å². The molecule has 1 fully saturated rings. The fourth-order valence-electron chi connectivity index (χ4n) is 2.13. The molecule has 1 aromatic rings. The van der Waals surface area contributed by atoms with Crippen LogP contribution in [0.3, 0.4) is 0 Å². The van der Waals surface area contributed by atoms with Gasteiger partial charge < -0.3 is 20.1 Å². The minimum Gasteiger partial charge on any atom is -0.379 e. The molecule has 2 rings (SSSR count). The molecule has 124 valence electrons. The van der Waals surface area contributed by atoms with E-state index in [2.05, 4.69) is 25.7 Å². The number of guanidine groups is 1. The molecule has 1 unspecified atom stereocenters. The number of aryl methyl sites for hydroxylation is 1. The van der Waals surface area contributed by atoms with Gasteiger partial charge in [0.15, 0.2) is 5.96 Å². The number of hydrogen-bond acceptors (Lipinski definition) is 5. The third-order valence-electron chi connectivity index (χ3n) is 3.38. The van der Waals surface area contributed by atoms with Crippen LogP contribution >= 0.6 is 0 Å². The second kappa shape index (κ2) is 9.37. The number of aromatic nitrogens is 3. The lowest BCUT2D eigenvalue weighted by molar-refractivity contribution is 0.0420. The lowest BCUT2D eigenvalue weighted by atomic mass is 10.3. The van der Waals surface area contributed by atoms with Crippen LogP contribution in [0.4, 0.5) is 0 Å². The molecule has 1 aliphatic rings. The van der Waals surface area contributed by atoms with Gasteiger partial charge in [0, 0.05) is 33.4 Å². The molecule has 1 aromatic heterocycles. The minimum absolute atomic E-state index is 0.276. The number of nitrogens with one attached hydrogen (secondary N) is 2. The van der Waals surface area contributed by atoms with E-state index in [0.717, 1.165) is 57.5 Å². The predicted octanol–water partition coefficient (Wildman–Crippen LogP) is 0.0658. The average molecular weight is 310 g/mol. The van der Waals surface area contributed by atoms with E-state index in [1.165, 1.54) is 6.33 Å². The number of nitrogens with zero attached hydrogens (tertiary/aromatic N) is 4. The molecule has 2 N–H and O–H groups in total. The summed E-state index contributed by atoms with van der Waals surface area (Å²) in [7, 11) is 1.86. The fourth-order valence-corrected chi connectivity index (χ4v) is 2.13. The van der Waals surface area contributed by atoms with E-state index in [1.54, 1.807) is 4.68 Å². The molecule has 0 aliphatic carbocycles. The first-order valence-electron chi connectivity index (χ1n) is 7.84. The van der Waals surface area contributed by atoms with Crippen LogP contribution in [0, 0.1) is 0 Å². The molecule has 0 aromatic carbocycles. The van der Waals surface area contributed by atoms with Crippen molar-refractivity contribution in [3.05, 3.63) is 12.2 Å². The Balaban J connectivity index is 1.65. The highest BCUT2D eigenvalue weighted by Crippen LogP contribution is 2.07. The molecule has 0 saturated carbocycles. The van der Waals surface area contributed by atoms with Crippen LogP contribution in [0.2, 0.25) is 0 Å². The lowest BCUT2D eigenvalue weighted by Crippen LogP contribution is -2.38. The SMILES string of the molecule is CCNC(=NCc1ncnn1C)NCCCOC1CCOC1. The number of rotatable bonds is 8. The molecule has 22 heavy (non-hydrogen) atoms. The molecule has 8 heteroatoms. The van der Waals surface area contributed by atoms with Crippen LogP contribution in [0.15, 0.2) is 11.3 Å². The Kier molecular flexibility index (Phi) is 7.11. The zero-order valence-corrected chi connectivity index (χ0v) is 13.4. The van der Waals surface area contributed by atoms with Gasteiger partial charge in [-0.25, -0.2) is 9.98 Å². The summed E-state index contributed by atoms with van der Waals surface area (Å²) in [6.07, 6.45) is 3.76. The van der Waals surface area contributed by atoms with Gasteiger partial charge >= 0.3 is 0 Å². The Morgan fingerprint density at radius 2 is 2.45 bits per heavy atom. The van der Waals surface area contributed by atoms with Crippen LogP contribution in [0.1, 0.15) is 25.6 Å². The summed E-state index contributed by atoms with van der Waals surface area (Å²) in [5, 5.41) is 10.5. The molecule has 1 aliphatic heterocycles. The molecule has 0 spiro atoms. The van der Waals surface area contributed by atoms with Gasteiger partial charge in [0.05, 0.1) is 12.7 Å². The molecule has 0 radical (unpaired) electrons. The summed E-state index contributed by atoms with van der Waals surface area (Å²) in [6.45, 7) is 6.48. The van der Waals surface area contributed by atoms with Crippen molar-refractivity contribution in [1.29, 1.82) is 0 Å². The van der Waals surface area contributed by atoms with Crippen molar-refractivity contribution in [1.82, 2.24) is 25.4 Å². The fraction of sp³-hybridized carbons (Fsp3) is 0.786. The van der Waals surface area contributed by atoms with Gasteiger partial charge in [-0.15, -0.1) is 0 Å². The van der Waals surface area contributed by atoms with Crippen molar-refractivity contribution in [2.75, 3.05) is 32.9 Å². The second-order valence-electron chi connectivity index (χ2n) is 5.13. The molecule has 1 saturated heterocycles. The zero-order valence-electron chi connectivity index (χ0n) is 13.4. The highest BCUT2D eigenvalue weighted by Gasteiger charge is 2.15. The summed E-state index contributed by atoms with van der Waals surface area (Å²) in [6, 6.07) is 0. The molecule has 1 atom stereocenters. The standard InChI is InChI=1S/C14H26N6O2/c1-3-15-14(17-9-13-18-11-19-20(13)2)16-6-4-7-22-12-5-8-21-10-12/h11-12H,3-10H2,1-2H3,(H2,15,16,17). The zero-order chi connectivity index (χ0) is 15.6. The van der Waals surface area contributed by atoms with Gasteiger partial charge in [-0.05, 0) is 19.8 Å². The van der Waals surface area contributed by atoms with E-state index in [9.17, 15) is 0 Å². The van der Waals surface area contributed by atoms with Crippen LogP contribution in [0.5, 0.6) is 0 Å². The maximum Gasteiger partial charge on any atom is 0.191 e. The molecule has 0 amide bonds. The number of aliphatic imine (C=N–C) groups is 1. The summed E-state index contributed by atoms with van der Waals surface area (Å²) in [4.78, 5) is 8.66. The van der Waals surface area contributed by atoms with E-state index in [4.69, 9.17) is 9.47 Å². The number of hydrogen-bond donors (Lipinski definition) is 2. The van der Waals surface area contributed by atoms with Crippen molar-refractivity contribution in [2.24, 2.45) is 12.0 Å². The molecular formula is C14H26N6O2. The first-order valence-corrected chi connectivity index (χ1v) is 7.84. The Labute approximate surface area is 131 Å². The summed E-state index contributed by atoms with van der Waals surface area (Å²) >= 11 is 0. The van der Waals surface area contributed by atoms with Crippen molar-refractivity contribution < 1.29 is 9.47 Å². The van der Waals surface area contributed by atoms with Gasteiger partial charge in [-0.3, -0.25) is 4.68 Å². The quantitative estimate of drug-likeness (QED) is 0.401. The Morgan fingerprint density at radius 3 is 3.14 bits per heavy atom. The van der Waals surface area contributed by atoms with Crippen LogP contribution in [0.25, 0.3) is 0 Å². The van der Waals surface area contributed by atoms with E-state index < -0.39 is 0 Å². The minimum atomic E-state index is 0.276. The molecular weight excluding hydrogens is 284 g/mol. The third-order valence-corrected chi connectivity index (χ3v) is 3.38. The predicted molar refractivity (Wildman–Crippen MR) is 83.6 cm³/mol. The maximum atomic E-state index is 5.73. The van der Waals surface area contributed by atoms with E-state index >= 15 is 0 Å². The summed E-state index contributed by atoms with van der Waals surface area (Å²) in [5.41, 5.74) is 0. The smallest absolute Gasteiger partial charge is 0.191 e. The van der Waals surface area contributed by atoms with Crippen molar-refractivity contribution >= 4 is 5.96 Å². The lowest BCUT2D eigenvalue weighted by Gasteiger charge is -2.12. The van der Waals surface area contributed by atoms with Gasteiger partial charge in [0.2, 0.25) is 0 Å². The van der Waals surface area contributed by atoms with E-state index in [-0.39, 0.29) is 6.10 Å². The van der Waals surface area contributed by atoms with Crippen LogP contribution < -0.4 is 10.6 Å². The second-order valence-corrected chi connectivity index (χ2v) is 5.13. The van der Waals surface area contributed by atoms with Gasteiger partial charge in [0.25, 0.3) is 0 Å². The van der Waals surface area contributed by atoms with Crippen LogP contribution in [-0.4, -0.2) is 59.7 Å². The average Bonchev–Trinajstić information content (AvgIpc) is 3.16. The third kappa shape index (κ3) is 5.61. The van der Waals surface area contributed by atoms with E-state index in [1.807, 2.05) is 14.0 Å². The van der Waals surface area contributed by atoms with Crippen LogP contribution in [-0.2, 0) is 23.1 Å². The summed E-state index contributed by atoms with van der Waals surface area (Å²) in [5.74, 6) is 1.62. The highest BCUT2D eigenvalue weighted by atomic mass is 16.5.